The molecule has 2 aromatic carbocycles. The molecule has 112 valence electrons. The van der Waals surface area contributed by atoms with Crippen molar-refractivity contribution in [2.24, 2.45) is 5.73 Å². The van der Waals surface area contributed by atoms with Gasteiger partial charge in [-0.1, -0.05) is 36.4 Å². The van der Waals surface area contributed by atoms with E-state index >= 15 is 0 Å². The summed E-state index contributed by atoms with van der Waals surface area (Å²) in [6.45, 7) is -0.0449. The SMILES string of the molecule is NC(=O)CCN(C(=O)c1ccccc1)C(=O)c1ccccc1. The lowest BCUT2D eigenvalue weighted by molar-refractivity contribution is -0.118. The maximum Gasteiger partial charge on any atom is 0.260 e. The summed E-state index contributed by atoms with van der Waals surface area (Å²) in [4.78, 5) is 37.1. The standard InChI is InChI=1S/C17H16N2O3/c18-15(20)11-12-19(16(21)13-7-3-1-4-8-13)17(22)14-9-5-2-6-10-14/h1-10H,11-12H2,(H2,18,20). The minimum absolute atomic E-state index is 0.0449. The van der Waals surface area contributed by atoms with Crippen molar-refractivity contribution in [3.63, 3.8) is 0 Å². The van der Waals surface area contributed by atoms with Gasteiger partial charge in [0, 0.05) is 24.1 Å². The molecule has 5 nitrogen and oxygen atoms in total. The zero-order valence-electron chi connectivity index (χ0n) is 11.9. The van der Waals surface area contributed by atoms with Crippen LogP contribution >= 0.6 is 0 Å². The monoisotopic (exact) mass is 296 g/mol. The molecule has 0 saturated carbocycles. The van der Waals surface area contributed by atoms with E-state index in [2.05, 4.69) is 0 Å². The molecule has 0 bridgehead atoms. The van der Waals surface area contributed by atoms with Crippen molar-refractivity contribution in [1.29, 1.82) is 0 Å². The predicted molar refractivity (Wildman–Crippen MR) is 82.1 cm³/mol. The largest absolute Gasteiger partial charge is 0.370 e. The summed E-state index contributed by atoms with van der Waals surface area (Å²) < 4.78 is 0. The van der Waals surface area contributed by atoms with Crippen molar-refractivity contribution in [3.8, 4) is 0 Å². The lowest BCUT2D eigenvalue weighted by Gasteiger charge is -2.20. The van der Waals surface area contributed by atoms with Crippen LogP contribution in [0, 0.1) is 0 Å². The van der Waals surface area contributed by atoms with E-state index in [1.807, 2.05) is 0 Å². The molecule has 0 unspecified atom stereocenters. The van der Waals surface area contributed by atoms with Crippen LogP contribution in [0.2, 0.25) is 0 Å². The van der Waals surface area contributed by atoms with Crippen molar-refractivity contribution in [2.75, 3.05) is 6.54 Å². The van der Waals surface area contributed by atoms with Crippen LogP contribution < -0.4 is 5.73 Å². The fourth-order valence-corrected chi connectivity index (χ4v) is 1.99. The molecule has 2 aromatic rings. The van der Waals surface area contributed by atoms with Crippen LogP contribution in [-0.2, 0) is 4.79 Å². The molecule has 5 heteroatoms. The van der Waals surface area contributed by atoms with E-state index in [0.29, 0.717) is 11.1 Å². The molecular weight excluding hydrogens is 280 g/mol. The van der Waals surface area contributed by atoms with E-state index < -0.39 is 17.7 Å². The van der Waals surface area contributed by atoms with Crippen molar-refractivity contribution in [2.45, 2.75) is 6.42 Å². The third kappa shape index (κ3) is 3.79. The minimum atomic E-state index is -0.563. The third-order valence-corrected chi connectivity index (χ3v) is 3.11. The lowest BCUT2D eigenvalue weighted by Crippen LogP contribution is -2.39. The number of rotatable bonds is 5. The van der Waals surface area contributed by atoms with Gasteiger partial charge in [-0.2, -0.15) is 0 Å². The Morgan fingerprint density at radius 3 is 1.55 bits per heavy atom. The summed E-state index contributed by atoms with van der Waals surface area (Å²) >= 11 is 0. The molecule has 3 amide bonds. The van der Waals surface area contributed by atoms with Crippen molar-refractivity contribution in [3.05, 3.63) is 71.8 Å². The van der Waals surface area contributed by atoms with Gasteiger partial charge in [-0.15, -0.1) is 0 Å². The van der Waals surface area contributed by atoms with Crippen LogP contribution in [-0.4, -0.2) is 29.2 Å². The molecule has 22 heavy (non-hydrogen) atoms. The zero-order chi connectivity index (χ0) is 15.9. The number of carbonyl (C=O) groups is 3. The molecule has 0 aliphatic rings. The number of primary amides is 1. The lowest BCUT2D eigenvalue weighted by atomic mass is 10.1. The van der Waals surface area contributed by atoms with Gasteiger partial charge in [0.05, 0.1) is 0 Å². The predicted octanol–water partition coefficient (Wildman–Crippen LogP) is 1.84. The summed E-state index contributed by atoms with van der Waals surface area (Å²) in [7, 11) is 0. The van der Waals surface area contributed by atoms with Crippen molar-refractivity contribution >= 4 is 17.7 Å². The van der Waals surface area contributed by atoms with Crippen LogP contribution in [0.4, 0.5) is 0 Å². The number of hydrogen-bond acceptors (Lipinski definition) is 3. The Balaban J connectivity index is 2.28. The van der Waals surface area contributed by atoms with Gasteiger partial charge in [-0.3, -0.25) is 19.3 Å². The van der Waals surface area contributed by atoms with Gasteiger partial charge in [0.25, 0.3) is 11.8 Å². The fourth-order valence-electron chi connectivity index (χ4n) is 1.99. The number of amides is 3. The molecule has 0 spiro atoms. The summed E-state index contributed by atoms with van der Waals surface area (Å²) in [6.07, 6.45) is -0.0723. The second kappa shape index (κ2) is 7.17. The summed E-state index contributed by atoms with van der Waals surface area (Å²) in [6, 6.07) is 16.9. The van der Waals surface area contributed by atoms with Gasteiger partial charge in [-0.25, -0.2) is 0 Å². The Labute approximate surface area is 128 Å². The Morgan fingerprint density at radius 1 is 0.773 bits per heavy atom. The van der Waals surface area contributed by atoms with E-state index in [1.165, 1.54) is 0 Å². The molecule has 0 saturated heterocycles. The molecule has 0 heterocycles. The van der Waals surface area contributed by atoms with Crippen molar-refractivity contribution < 1.29 is 14.4 Å². The highest BCUT2D eigenvalue weighted by Crippen LogP contribution is 2.11. The first-order valence-corrected chi connectivity index (χ1v) is 6.84. The van der Waals surface area contributed by atoms with E-state index in [4.69, 9.17) is 5.73 Å². The normalized spacial score (nSPS) is 10.0. The molecule has 0 aliphatic carbocycles. The van der Waals surface area contributed by atoms with E-state index in [9.17, 15) is 14.4 Å². The van der Waals surface area contributed by atoms with Crippen LogP contribution in [0.25, 0.3) is 0 Å². The average Bonchev–Trinajstić information content (AvgIpc) is 2.56. The number of benzene rings is 2. The molecule has 2 N–H and O–H groups in total. The van der Waals surface area contributed by atoms with Crippen LogP contribution in [0.1, 0.15) is 27.1 Å². The van der Waals surface area contributed by atoms with Gasteiger partial charge in [0.15, 0.2) is 0 Å². The fraction of sp³-hybridized carbons (Fsp3) is 0.118. The molecule has 0 fully saturated rings. The Hall–Kier alpha value is -2.95. The second-order valence-corrected chi connectivity index (χ2v) is 4.71. The molecule has 2 rings (SSSR count). The second-order valence-electron chi connectivity index (χ2n) is 4.71. The van der Waals surface area contributed by atoms with Crippen molar-refractivity contribution in [1.82, 2.24) is 4.90 Å². The smallest absolute Gasteiger partial charge is 0.260 e. The summed E-state index contributed by atoms with van der Waals surface area (Å²) in [5.74, 6) is -1.46. The zero-order valence-corrected chi connectivity index (χ0v) is 11.9. The molecule has 0 aliphatic heterocycles. The van der Waals surface area contributed by atoms with Gasteiger partial charge in [-0.05, 0) is 24.3 Å². The van der Waals surface area contributed by atoms with Crippen LogP contribution in [0.3, 0.4) is 0 Å². The minimum Gasteiger partial charge on any atom is -0.370 e. The van der Waals surface area contributed by atoms with Gasteiger partial charge >= 0.3 is 0 Å². The quantitative estimate of drug-likeness (QED) is 0.855. The topological polar surface area (TPSA) is 80.5 Å². The number of nitrogens with zero attached hydrogens (tertiary/aromatic N) is 1. The number of nitrogens with two attached hydrogens (primary N) is 1. The molecule has 0 aromatic heterocycles. The number of carbonyl (C=O) groups excluding carboxylic acids is 3. The molecular formula is C17H16N2O3. The third-order valence-electron chi connectivity index (χ3n) is 3.11. The number of hydrogen-bond donors (Lipinski definition) is 1. The Bertz CT molecular complexity index is 617. The van der Waals surface area contributed by atoms with E-state index in [1.54, 1.807) is 60.7 Å². The Kier molecular flexibility index (Phi) is 5.03. The first kappa shape index (κ1) is 15.4. The first-order chi connectivity index (χ1) is 10.6. The number of imide groups is 1. The van der Waals surface area contributed by atoms with E-state index in [0.717, 1.165) is 4.90 Å². The van der Waals surface area contributed by atoms with Crippen LogP contribution in [0.5, 0.6) is 0 Å². The van der Waals surface area contributed by atoms with Gasteiger partial charge in [0.2, 0.25) is 5.91 Å². The highest BCUT2D eigenvalue weighted by molar-refractivity contribution is 6.10. The average molecular weight is 296 g/mol. The summed E-state index contributed by atoms with van der Waals surface area (Å²) in [5.41, 5.74) is 5.90. The first-order valence-electron chi connectivity index (χ1n) is 6.84. The molecule has 0 radical (unpaired) electrons. The highest BCUT2D eigenvalue weighted by Gasteiger charge is 2.24. The molecule has 0 atom stereocenters. The van der Waals surface area contributed by atoms with Gasteiger partial charge in [0.1, 0.15) is 0 Å². The maximum atomic E-state index is 12.5. The van der Waals surface area contributed by atoms with E-state index in [-0.39, 0.29) is 13.0 Å². The Morgan fingerprint density at radius 2 is 1.18 bits per heavy atom. The maximum absolute atomic E-state index is 12.5. The van der Waals surface area contributed by atoms with Gasteiger partial charge < -0.3 is 5.73 Å². The summed E-state index contributed by atoms with van der Waals surface area (Å²) in [5, 5.41) is 0. The highest BCUT2D eigenvalue weighted by atomic mass is 16.2. The van der Waals surface area contributed by atoms with Crippen LogP contribution in [0.15, 0.2) is 60.7 Å².